The molecule has 108 valence electrons. The number of aromatic nitrogens is 2. The standard InChI is InChI=1S/C17H13N3OS/c21-17(15-8-11-4-1-2-6-14(11)22-15)20-10-12-9-19-16-13(12)5-3-7-18-16/h1-9H,10H2,(H,18,19)(H,20,21). The fourth-order valence-corrected chi connectivity index (χ4v) is 3.49. The first-order valence-corrected chi connectivity index (χ1v) is 7.81. The number of hydrogen-bond acceptors (Lipinski definition) is 3. The lowest BCUT2D eigenvalue weighted by Crippen LogP contribution is -2.21. The highest BCUT2D eigenvalue weighted by Crippen LogP contribution is 2.25. The molecule has 0 aliphatic rings. The van der Waals surface area contributed by atoms with Gasteiger partial charge in [0, 0.05) is 29.0 Å². The quantitative estimate of drug-likeness (QED) is 0.606. The van der Waals surface area contributed by atoms with Gasteiger partial charge in [0.1, 0.15) is 5.65 Å². The van der Waals surface area contributed by atoms with Crippen molar-refractivity contribution in [2.45, 2.75) is 6.54 Å². The molecule has 1 amide bonds. The highest BCUT2D eigenvalue weighted by molar-refractivity contribution is 7.20. The second kappa shape index (κ2) is 5.27. The molecule has 0 bridgehead atoms. The van der Waals surface area contributed by atoms with Crippen molar-refractivity contribution < 1.29 is 4.79 Å². The summed E-state index contributed by atoms with van der Waals surface area (Å²) >= 11 is 1.51. The van der Waals surface area contributed by atoms with Gasteiger partial charge in [0.2, 0.25) is 0 Å². The first-order valence-electron chi connectivity index (χ1n) is 6.99. The SMILES string of the molecule is O=C(NCc1c[nH]c2ncccc12)c1cc2ccccc2s1. The average Bonchev–Trinajstić information content (AvgIpc) is 3.16. The van der Waals surface area contributed by atoms with E-state index in [4.69, 9.17) is 0 Å². The molecule has 2 N–H and O–H groups in total. The van der Waals surface area contributed by atoms with Crippen LogP contribution in [0, 0.1) is 0 Å². The molecular weight excluding hydrogens is 294 g/mol. The number of H-pyrrole nitrogens is 1. The van der Waals surface area contributed by atoms with Crippen molar-refractivity contribution in [3.63, 3.8) is 0 Å². The van der Waals surface area contributed by atoms with Crippen LogP contribution in [0.2, 0.25) is 0 Å². The smallest absolute Gasteiger partial charge is 0.261 e. The molecule has 3 heterocycles. The molecule has 4 rings (SSSR count). The molecule has 1 aromatic carbocycles. The Balaban J connectivity index is 1.54. The van der Waals surface area contributed by atoms with Crippen LogP contribution in [0.25, 0.3) is 21.1 Å². The van der Waals surface area contributed by atoms with Gasteiger partial charge in [-0.2, -0.15) is 0 Å². The topological polar surface area (TPSA) is 57.8 Å². The summed E-state index contributed by atoms with van der Waals surface area (Å²) in [5.74, 6) is -0.0422. The van der Waals surface area contributed by atoms with Gasteiger partial charge in [-0.1, -0.05) is 18.2 Å². The third-order valence-corrected chi connectivity index (χ3v) is 4.74. The van der Waals surface area contributed by atoms with Crippen molar-refractivity contribution in [1.82, 2.24) is 15.3 Å². The summed E-state index contributed by atoms with van der Waals surface area (Å²) in [6.45, 7) is 0.485. The summed E-state index contributed by atoms with van der Waals surface area (Å²) in [6.07, 6.45) is 3.64. The average molecular weight is 307 g/mol. The Kier molecular flexibility index (Phi) is 3.12. The zero-order valence-electron chi connectivity index (χ0n) is 11.7. The molecule has 0 spiro atoms. The predicted molar refractivity (Wildman–Crippen MR) is 89.1 cm³/mol. The van der Waals surface area contributed by atoms with Gasteiger partial charge < -0.3 is 10.3 Å². The van der Waals surface area contributed by atoms with E-state index >= 15 is 0 Å². The van der Waals surface area contributed by atoms with Crippen LogP contribution in [-0.4, -0.2) is 15.9 Å². The Bertz CT molecular complexity index is 937. The highest BCUT2D eigenvalue weighted by Gasteiger charge is 2.11. The zero-order valence-corrected chi connectivity index (χ0v) is 12.5. The number of nitrogens with one attached hydrogen (secondary N) is 2. The maximum absolute atomic E-state index is 12.3. The Hall–Kier alpha value is -2.66. The molecule has 0 unspecified atom stereocenters. The van der Waals surface area contributed by atoms with Crippen molar-refractivity contribution in [2.24, 2.45) is 0 Å². The number of pyridine rings is 1. The van der Waals surface area contributed by atoms with E-state index in [1.807, 2.05) is 48.7 Å². The fraction of sp³-hybridized carbons (Fsp3) is 0.0588. The zero-order chi connectivity index (χ0) is 14.9. The molecule has 0 saturated carbocycles. The van der Waals surface area contributed by atoms with Crippen molar-refractivity contribution >= 4 is 38.4 Å². The lowest BCUT2D eigenvalue weighted by molar-refractivity contribution is 0.0955. The first kappa shape index (κ1) is 13.0. The van der Waals surface area contributed by atoms with E-state index in [2.05, 4.69) is 15.3 Å². The molecule has 4 nitrogen and oxygen atoms in total. The monoisotopic (exact) mass is 307 g/mol. The number of fused-ring (bicyclic) bond motifs is 2. The number of aromatic amines is 1. The van der Waals surface area contributed by atoms with Gasteiger partial charge in [0.15, 0.2) is 0 Å². The van der Waals surface area contributed by atoms with Crippen molar-refractivity contribution in [1.29, 1.82) is 0 Å². The second-order valence-electron chi connectivity index (χ2n) is 5.04. The van der Waals surface area contributed by atoms with E-state index in [0.717, 1.165) is 31.6 Å². The molecule has 0 fully saturated rings. The molecule has 0 atom stereocenters. The third kappa shape index (κ3) is 2.25. The van der Waals surface area contributed by atoms with Crippen LogP contribution in [0.5, 0.6) is 0 Å². The summed E-state index contributed by atoms with van der Waals surface area (Å²) in [5.41, 5.74) is 1.88. The Labute approximate surface area is 130 Å². The van der Waals surface area contributed by atoms with Crippen LogP contribution in [0.3, 0.4) is 0 Å². The van der Waals surface area contributed by atoms with Gasteiger partial charge in [-0.25, -0.2) is 4.98 Å². The molecule has 22 heavy (non-hydrogen) atoms. The third-order valence-electron chi connectivity index (χ3n) is 3.63. The van der Waals surface area contributed by atoms with Crippen molar-refractivity contribution in [3.8, 4) is 0 Å². The van der Waals surface area contributed by atoms with E-state index in [0.29, 0.717) is 6.54 Å². The minimum Gasteiger partial charge on any atom is -0.347 e. The summed E-state index contributed by atoms with van der Waals surface area (Å²) in [5, 5.41) is 5.12. The number of rotatable bonds is 3. The molecule has 0 aliphatic heterocycles. The number of hydrogen-bond donors (Lipinski definition) is 2. The Morgan fingerprint density at radius 2 is 2.14 bits per heavy atom. The molecular formula is C17H13N3OS. The van der Waals surface area contributed by atoms with Gasteiger partial charge in [-0.05, 0) is 35.2 Å². The van der Waals surface area contributed by atoms with E-state index in [1.54, 1.807) is 6.20 Å². The number of benzene rings is 1. The minimum atomic E-state index is -0.0422. The van der Waals surface area contributed by atoms with E-state index in [9.17, 15) is 4.79 Å². The maximum atomic E-state index is 12.3. The van der Waals surface area contributed by atoms with Crippen LogP contribution >= 0.6 is 11.3 Å². The van der Waals surface area contributed by atoms with Crippen LogP contribution in [-0.2, 0) is 6.54 Å². The van der Waals surface area contributed by atoms with Gasteiger partial charge in [0.25, 0.3) is 5.91 Å². The fourth-order valence-electron chi connectivity index (χ4n) is 2.52. The largest absolute Gasteiger partial charge is 0.347 e. The lowest BCUT2D eigenvalue weighted by Gasteiger charge is -2.02. The molecule has 0 saturated heterocycles. The van der Waals surface area contributed by atoms with E-state index in [-0.39, 0.29) is 5.91 Å². The number of amides is 1. The maximum Gasteiger partial charge on any atom is 0.261 e. The highest BCUT2D eigenvalue weighted by atomic mass is 32.1. The van der Waals surface area contributed by atoms with Gasteiger partial charge in [0.05, 0.1) is 4.88 Å². The van der Waals surface area contributed by atoms with Crippen LogP contribution < -0.4 is 5.32 Å². The van der Waals surface area contributed by atoms with Gasteiger partial charge in [-0.15, -0.1) is 11.3 Å². The molecule has 4 aromatic rings. The summed E-state index contributed by atoms with van der Waals surface area (Å²) in [6, 6.07) is 13.9. The van der Waals surface area contributed by atoms with Crippen molar-refractivity contribution in [3.05, 3.63) is 65.3 Å². The molecule has 3 aromatic heterocycles. The van der Waals surface area contributed by atoms with Crippen LogP contribution in [0.1, 0.15) is 15.2 Å². The summed E-state index contributed by atoms with van der Waals surface area (Å²) in [7, 11) is 0. The summed E-state index contributed by atoms with van der Waals surface area (Å²) in [4.78, 5) is 20.4. The Morgan fingerprint density at radius 3 is 3.05 bits per heavy atom. The minimum absolute atomic E-state index is 0.0422. The normalized spacial score (nSPS) is 11.1. The van der Waals surface area contributed by atoms with Gasteiger partial charge >= 0.3 is 0 Å². The van der Waals surface area contributed by atoms with Crippen LogP contribution in [0.15, 0.2) is 54.9 Å². The number of nitrogens with zero attached hydrogens (tertiary/aromatic N) is 1. The van der Waals surface area contributed by atoms with E-state index < -0.39 is 0 Å². The lowest BCUT2D eigenvalue weighted by atomic mass is 10.2. The molecule has 0 aliphatic carbocycles. The van der Waals surface area contributed by atoms with Crippen molar-refractivity contribution in [2.75, 3.05) is 0 Å². The van der Waals surface area contributed by atoms with Crippen LogP contribution in [0.4, 0.5) is 0 Å². The molecule has 0 radical (unpaired) electrons. The summed E-state index contributed by atoms with van der Waals surface area (Å²) < 4.78 is 1.13. The molecule has 5 heteroatoms. The number of carbonyl (C=O) groups excluding carboxylic acids is 1. The Morgan fingerprint density at radius 1 is 1.23 bits per heavy atom. The second-order valence-corrected chi connectivity index (χ2v) is 6.13. The number of carbonyl (C=O) groups is 1. The first-order chi connectivity index (χ1) is 10.8. The number of thiophene rings is 1. The predicted octanol–water partition coefficient (Wildman–Crippen LogP) is 3.71. The van der Waals surface area contributed by atoms with E-state index in [1.165, 1.54) is 11.3 Å². The van der Waals surface area contributed by atoms with Gasteiger partial charge in [-0.3, -0.25) is 4.79 Å².